The minimum Gasteiger partial charge on any atom is -0.551 e. The molecule has 5 heterocycles. The first-order valence-corrected chi connectivity index (χ1v) is 20.3. The van der Waals surface area contributed by atoms with Gasteiger partial charge in [0.2, 0.25) is 0 Å². The number of para-hydroxylation sites is 6. The highest BCUT2D eigenvalue weighted by Gasteiger charge is 2.41. The Morgan fingerprint density at radius 1 is 0.373 bits per heavy atom. The highest BCUT2D eigenvalue weighted by atomic mass is 16.5. The van der Waals surface area contributed by atoms with Gasteiger partial charge >= 0.3 is 6.92 Å². The zero-order valence-corrected chi connectivity index (χ0v) is 31.7. The predicted molar refractivity (Wildman–Crippen MR) is 244 cm³/mol. The van der Waals surface area contributed by atoms with Gasteiger partial charge in [0, 0.05) is 54.4 Å². The summed E-state index contributed by atoms with van der Waals surface area (Å²) in [5.41, 5.74) is 16.1. The number of nitrogens with zero attached hydrogens (tertiary/aromatic N) is 2. The fourth-order valence-electron chi connectivity index (χ4n) is 10.4. The molecule has 0 N–H and O–H groups in total. The van der Waals surface area contributed by atoms with Crippen molar-refractivity contribution < 1.29 is 9.39 Å². The molecule has 14 rings (SSSR count). The van der Waals surface area contributed by atoms with Crippen LogP contribution in [0.1, 0.15) is 0 Å². The van der Waals surface area contributed by atoms with E-state index in [9.17, 15) is 0 Å². The first kappa shape index (κ1) is 31.3. The van der Waals surface area contributed by atoms with E-state index in [-0.39, 0.29) is 6.92 Å². The molecule has 0 amide bonds. The number of hydrogen-bond acceptors (Lipinski definition) is 2. The van der Waals surface area contributed by atoms with E-state index in [1.54, 1.807) is 0 Å². The molecule has 5 heteroatoms. The van der Waals surface area contributed by atoms with Gasteiger partial charge in [-0.3, -0.25) is 0 Å². The van der Waals surface area contributed by atoms with Crippen LogP contribution in [-0.4, -0.2) is 15.9 Å². The summed E-state index contributed by atoms with van der Waals surface area (Å²) in [6.07, 6.45) is 0. The van der Waals surface area contributed by atoms with E-state index in [4.69, 9.17) is 9.39 Å². The molecule has 0 aliphatic carbocycles. The first-order valence-electron chi connectivity index (χ1n) is 20.3. The maximum atomic E-state index is 7.01. The molecule has 0 saturated heterocycles. The van der Waals surface area contributed by atoms with Crippen LogP contribution in [0.15, 0.2) is 188 Å². The molecule has 0 spiro atoms. The molecule has 12 aromatic rings. The van der Waals surface area contributed by atoms with Gasteiger partial charge in [0.15, 0.2) is 0 Å². The van der Waals surface area contributed by atoms with Crippen LogP contribution < -0.4 is 20.3 Å². The topological polar surface area (TPSA) is 27.8 Å². The fraction of sp³-hybridized carbons (Fsp3) is 0. The Balaban J connectivity index is 0.958. The van der Waals surface area contributed by atoms with Gasteiger partial charge in [-0.15, -0.1) is 0 Å². The van der Waals surface area contributed by atoms with Crippen LogP contribution in [0.4, 0.5) is 0 Å². The second-order valence-electron chi connectivity index (χ2n) is 16.0. The number of rotatable bonds is 3. The number of hydrogen-bond donors (Lipinski definition) is 0. The smallest absolute Gasteiger partial charge is 0.434 e. The van der Waals surface area contributed by atoms with Crippen LogP contribution in [0.2, 0.25) is 0 Å². The normalized spacial score (nSPS) is 13.0. The molecule has 0 unspecified atom stereocenters. The maximum absolute atomic E-state index is 7.01. The van der Waals surface area contributed by atoms with E-state index in [0.717, 1.165) is 67.2 Å². The lowest BCUT2D eigenvalue weighted by Gasteiger charge is -2.33. The number of ether oxygens (including phenoxy) is 1. The molecule has 2 aliphatic heterocycles. The molecule has 0 radical (unpaired) electrons. The summed E-state index contributed by atoms with van der Waals surface area (Å²) in [5, 5.41) is 7.54. The van der Waals surface area contributed by atoms with Gasteiger partial charge < -0.3 is 18.4 Å². The number of fused-ring (bicyclic) bond motifs is 13. The number of aromatic nitrogens is 2. The van der Waals surface area contributed by atoms with E-state index in [1.807, 2.05) is 0 Å². The van der Waals surface area contributed by atoms with E-state index in [2.05, 4.69) is 197 Å². The summed E-state index contributed by atoms with van der Waals surface area (Å²) in [6, 6.07) is 68.0. The summed E-state index contributed by atoms with van der Waals surface area (Å²) in [7, 11) is 0. The Morgan fingerprint density at radius 3 is 1.63 bits per heavy atom. The van der Waals surface area contributed by atoms with Gasteiger partial charge in [0.1, 0.15) is 17.2 Å². The van der Waals surface area contributed by atoms with Crippen LogP contribution in [-0.2, 0) is 0 Å². The molecule has 9 aromatic carbocycles. The van der Waals surface area contributed by atoms with Crippen molar-refractivity contribution >= 4 is 77.7 Å². The van der Waals surface area contributed by atoms with Crippen molar-refractivity contribution in [2.75, 3.05) is 0 Å². The minimum atomic E-state index is -0.335. The lowest BCUT2D eigenvalue weighted by molar-refractivity contribution is 0.479. The largest absolute Gasteiger partial charge is 0.551 e. The van der Waals surface area contributed by atoms with Gasteiger partial charge in [-0.1, -0.05) is 121 Å². The standard InChI is InChI=1S/C54H31BN2O2/c1-7-19-45(56-46-20-8-2-14-36(46)37-15-3-9-21-47(37)56)35(13-1)32-25-26-51-44(30-32)55-53-41(40-18-6-12-24-50(40)59-55)27-34(31-52(53)58-51)33-28-42-38-16-4-10-22-48(38)57-49-23-11-5-17-39(49)43(29-33)54(42)57/h1-31H. The maximum Gasteiger partial charge on any atom is 0.434 e. The second kappa shape index (κ2) is 11.4. The van der Waals surface area contributed by atoms with Crippen LogP contribution in [0.3, 0.4) is 0 Å². The molecule has 0 atom stereocenters. The van der Waals surface area contributed by atoms with Crippen molar-refractivity contribution in [3.05, 3.63) is 188 Å². The van der Waals surface area contributed by atoms with Crippen molar-refractivity contribution in [2.45, 2.75) is 0 Å². The minimum absolute atomic E-state index is 0.335. The summed E-state index contributed by atoms with van der Waals surface area (Å²) >= 11 is 0. The lowest BCUT2D eigenvalue weighted by atomic mass is 9.50. The van der Waals surface area contributed by atoms with Crippen LogP contribution in [0.5, 0.6) is 17.2 Å². The van der Waals surface area contributed by atoms with Gasteiger partial charge in [-0.05, 0) is 89.0 Å². The van der Waals surface area contributed by atoms with Gasteiger partial charge in [0.05, 0.1) is 33.3 Å². The fourth-order valence-corrected chi connectivity index (χ4v) is 10.4. The quantitative estimate of drug-likeness (QED) is 0.168. The summed E-state index contributed by atoms with van der Waals surface area (Å²) in [5.74, 6) is 2.53. The predicted octanol–water partition coefficient (Wildman–Crippen LogP) is 12.5. The molecule has 0 saturated carbocycles. The molecular weight excluding hydrogens is 719 g/mol. The monoisotopic (exact) mass is 750 g/mol. The van der Waals surface area contributed by atoms with Crippen LogP contribution in [0, 0.1) is 0 Å². The van der Waals surface area contributed by atoms with Gasteiger partial charge in [-0.2, -0.15) is 0 Å². The van der Waals surface area contributed by atoms with E-state index < -0.39 is 0 Å². The highest BCUT2D eigenvalue weighted by molar-refractivity contribution is 6.84. The molecular formula is C54H31BN2O2. The molecule has 272 valence electrons. The lowest BCUT2D eigenvalue weighted by Crippen LogP contribution is -2.53. The second-order valence-corrected chi connectivity index (χ2v) is 16.0. The Labute approximate surface area is 339 Å². The zero-order valence-electron chi connectivity index (χ0n) is 31.7. The third-order valence-electron chi connectivity index (χ3n) is 12.9. The molecule has 59 heavy (non-hydrogen) atoms. The SMILES string of the molecule is c1ccc2c(c1)OB1c3cc(-c4ccccc4-n4c5ccccc5c5ccccc54)ccc3Oc3cc(-c4cc5c6ccccc6n6c7ccccc7c(c4)c56)cc-2c31. The first-order chi connectivity index (χ1) is 29.3. The summed E-state index contributed by atoms with van der Waals surface area (Å²) in [4.78, 5) is 0. The summed E-state index contributed by atoms with van der Waals surface area (Å²) < 4.78 is 18.8. The van der Waals surface area contributed by atoms with E-state index >= 15 is 0 Å². The van der Waals surface area contributed by atoms with Crippen LogP contribution in [0.25, 0.3) is 99.0 Å². The molecule has 0 fully saturated rings. The molecule has 3 aromatic heterocycles. The van der Waals surface area contributed by atoms with Crippen LogP contribution >= 0.6 is 0 Å². The number of benzene rings is 9. The Kier molecular flexibility index (Phi) is 6.07. The van der Waals surface area contributed by atoms with Crippen molar-refractivity contribution in [3.8, 4) is 56.3 Å². The Hall–Kier alpha value is -7.76. The van der Waals surface area contributed by atoms with Crippen molar-refractivity contribution in [3.63, 3.8) is 0 Å². The third kappa shape index (κ3) is 4.18. The van der Waals surface area contributed by atoms with Crippen molar-refractivity contribution in [1.82, 2.24) is 8.97 Å². The zero-order chi connectivity index (χ0) is 38.3. The van der Waals surface area contributed by atoms with Crippen molar-refractivity contribution in [1.29, 1.82) is 0 Å². The third-order valence-corrected chi connectivity index (χ3v) is 12.9. The summed E-state index contributed by atoms with van der Waals surface area (Å²) in [6.45, 7) is -0.335. The van der Waals surface area contributed by atoms with Crippen molar-refractivity contribution in [2.24, 2.45) is 0 Å². The van der Waals surface area contributed by atoms with Gasteiger partial charge in [0.25, 0.3) is 0 Å². The highest BCUT2D eigenvalue weighted by Crippen LogP contribution is 2.46. The Morgan fingerprint density at radius 2 is 0.932 bits per heavy atom. The van der Waals surface area contributed by atoms with Gasteiger partial charge in [-0.25, -0.2) is 0 Å². The molecule has 4 nitrogen and oxygen atoms in total. The Bertz CT molecular complexity index is 3630. The van der Waals surface area contributed by atoms with E-state index in [0.29, 0.717) is 0 Å². The molecule has 0 bridgehead atoms. The van der Waals surface area contributed by atoms with E-state index in [1.165, 1.54) is 59.9 Å². The average molecular weight is 751 g/mol. The molecule has 2 aliphatic rings. The average Bonchev–Trinajstić information content (AvgIpc) is 3.94.